The number of aromatic nitrogens is 2. The SMILES string of the molecule is NC(=O)CN1CCO[C@H](c2ccn[nH]2)C1. The molecule has 0 radical (unpaired) electrons. The molecule has 2 rings (SSSR count). The first kappa shape index (κ1) is 10.1. The summed E-state index contributed by atoms with van der Waals surface area (Å²) in [4.78, 5) is 12.8. The predicted molar refractivity (Wildman–Crippen MR) is 52.9 cm³/mol. The Morgan fingerprint density at radius 1 is 1.80 bits per heavy atom. The van der Waals surface area contributed by atoms with Crippen LogP contribution in [-0.4, -0.2) is 47.2 Å². The number of aromatic amines is 1. The normalized spacial score (nSPS) is 22.8. The van der Waals surface area contributed by atoms with E-state index >= 15 is 0 Å². The highest BCUT2D eigenvalue weighted by atomic mass is 16.5. The van der Waals surface area contributed by atoms with Crippen LogP contribution < -0.4 is 5.73 Å². The molecule has 1 saturated heterocycles. The van der Waals surface area contributed by atoms with E-state index in [1.54, 1.807) is 6.20 Å². The fourth-order valence-corrected chi connectivity index (χ4v) is 1.70. The van der Waals surface area contributed by atoms with Gasteiger partial charge < -0.3 is 10.5 Å². The first-order chi connectivity index (χ1) is 7.25. The number of nitrogens with one attached hydrogen (secondary N) is 1. The van der Waals surface area contributed by atoms with Crippen molar-refractivity contribution in [3.63, 3.8) is 0 Å². The van der Waals surface area contributed by atoms with Crippen molar-refractivity contribution in [3.05, 3.63) is 18.0 Å². The van der Waals surface area contributed by atoms with E-state index < -0.39 is 0 Å². The van der Waals surface area contributed by atoms with Crippen molar-refractivity contribution in [2.75, 3.05) is 26.2 Å². The first-order valence-electron chi connectivity index (χ1n) is 4.87. The second-order valence-electron chi connectivity index (χ2n) is 3.57. The summed E-state index contributed by atoms with van der Waals surface area (Å²) in [6.07, 6.45) is 1.65. The Balaban J connectivity index is 1.95. The number of nitrogens with zero attached hydrogens (tertiary/aromatic N) is 2. The molecule has 1 aliphatic heterocycles. The van der Waals surface area contributed by atoms with Crippen LogP contribution in [0.1, 0.15) is 11.8 Å². The average molecular weight is 210 g/mol. The average Bonchev–Trinajstić information content (AvgIpc) is 2.69. The second kappa shape index (κ2) is 4.41. The molecule has 6 heteroatoms. The lowest BCUT2D eigenvalue weighted by molar-refractivity contribution is -0.121. The van der Waals surface area contributed by atoms with Crippen molar-refractivity contribution in [1.82, 2.24) is 15.1 Å². The molecule has 1 amide bonds. The number of nitrogens with two attached hydrogens (primary N) is 1. The molecule has 0 aromatic carbocycles. The van der Waals surface area contributed by atoms with Crippen LogP contribution in [0.25, 0.3) is 0 Å². The largest absolute Gasteiger partial charge is 0.369 e. The molecule has 1 aromatic rings. The highest BCUT2D eigenvalue weighted by Crippen LogP contribution is 2.19. The van der Waals surface area contributed by atoms with Gasteiger partial charge in [-0.15, -0.1) is 0 Å². The number of hydrogen-bond donors (Lipinski definition) is 2. The highest BCUT2D eigenvalue weighted by Gasteiger charge is 2.23. The van der Waals surface area contributed by atoms with Crippen LogP contribution in [0.15, 0.2) is 12.3 Å². The van der Waals surface area contributed by atoms with E-state index in [4.69, 9.17) is 10.5 Å². The van der Waals surface area contributed by atoms with Gasteiger partial charge in [0.25, 0.3) is 0 Å². The van der Waals surface area contributed by atoms with Crippen molar-refractivity contribution in [3.8, 4) is 0 Å². The molecule has 0 spiro atoms. The van der Waals surface area contributed by atoms with Crippen LogP contribution in [0.2, 0.25) is 0 Å². The third-order valence-corrected chi connectivity index (χ3v) is 2.40. The molecule has 1 atom stereocenters. The zero-order chi connectivity index (χ0) is 10.7. The number of H-pyrrole nitrogens is 1. The summed E-state index contributed by atoms with van der Waals surface area (Å²) in [5.41, 5.74) is 6.08. The Hall–Kier alpha value is -1.40. The van der Waals surface area contributed by atoms with Crippen LogP contribution in [0.4, 0.5) is 0 Å². The molecule has 2 heterocycles. The fourth-order valence-electron chi connectivity index (χ4n) is 1.70. The summed E-state index contributed by atoms with van der Waals surface area (Å²) in [7, 11) is 0. The van der Waals surface area contributed by atoms with Gasteiger partial charge in [-0.3, -0.25) is 14.8 Å². The highest BCUT2D eigenvalue weighted by molar-refractivity contribution is 5.75. The standard InChI is InChI=1S/C9H14N4O2/c10-9(14)6-13-3-4-15-8(5-13)7-1-2-11-12-7/h1-2,8H,3-6H2,(H2,10,14)(H,11,12)/t8-/m0/s1. The third kappa shape index (κ3) is 2.54. The van der Waals surface area contributed by atoms with E-state index in [0.717, 1.165) is 12.2 Å². The van der Waals surface area contributed by atoms with Gasteiger partial charge in [0.2, 0.25) is 5.91 Å². The van der Waals surface area contributed by atoms with Crippen molar-refractivity contribution in [1.29, 1.82) is 0 Å². The number of amides is 1. The Morgan fingerprint density at radius 2 is 2.67 bits per heavy atom. The first-order valence-corrected chi connectivity index (χ1v) is 4.87. The van der Waals surface area contributed by atoms with Gasteiger partial charge in [0.1, 0.15) is 6.10 Å². The predicted octanol–water partition coefficient (Wildman–Crippen LogP) is -0.732. The quantitative estimate of drug-likeness (QED) is 0.688. The maximum absolute atomic E-state index is 10.8. The van der Waals surface area contributed by atoms with Crippen LogP contribution in [0.3, 0.4) is 0 Å². The molecule has 1 aliphatic rings. The van der Waals surface area contributed by atoms with Gasteiger partial charge >= 0.3 is 0 Å². The second-order valence-corrected chi connectivity index (χ2v) is 3.57. The smallest absolute Gasteiger partial charge is 0.231 e. The van der Waals surface area contributed by atoms with E-state index in [1.165, 1.54) is 0 Å². The molecule has 3 N–H and O–H groups in total. The van der Waals surface area contributed by atoms with Crippen LogP contribution in [-0.2, 0) is 9.53 Å². The number of ether oxygens (including phenoxy) is 1. The van der Waals surface area contributed by atoms with E-state index in [-0.39, 0.29) is 18.6 Å². The lowest BCUT2D eigenvalue weighted by Gasteiger charge is -2.31. The fraction of sp³-hybridized carbons (Fsp3) is 0.556. The van der Waals surface area contributed by atoms with Crippen LogP contribution in [0.5, 0.6) is 0 Å². The molecule has 1 aromatic heterocycles. The minimum absolute atomic E-state index is 0.0411. The minimum atomic E-state index is -0.305. The molecular weight excluding hydrogens is 196 g/mol. The summed E-state index contributed by atoms with van der Waals surface area (Å²) in [5, 5.41) is 6.73. The van der Waals surface area contributed by atoms with Gasteiger partial charge in [0.05, 0.1) is 18.8 Å². The van der Waals surface area contributed by atoms with Gasteiger partial charge in [0, 0.05) is 19.3 Å². The molecule has 0 bridgehead atoms. The van der Waals surface area contributed by atoms with Crippen molar-refractivity contribution in [2.45, 2.75) is 6.10 Å². The van der Waals surface area contributed by atoms with Crippen LogP contribution >= 0.6 is 0 Å². The van der Waals surface area contributed by atoms with E-state index in [1.807, 2.05) is 11.0 Å². The number of morpholine rings is 1. The summed E-state index contributed by atoms with van der Waals surface area (Å²) >= 11 is 0. The topological polar surface area (TPSA) is 84.2 Å². The molecule has 6 nitrogen and oxygen atoms in total. The van der Waals surface area contributed by atoms with Gasteiger partial charge in [-0.2, -0.15) is 5.10 Å². The lowest BCUT2D eigenvalue weighted by Crippen LogP contribution is -2.42. The number of rotatable bonds is 3. The molecule has 82 valence electrons. The van der Waals surface area contributed by atoms with Crippen LogP contribution in [0, 0.1) is 0 Å². The zero-order valence-corrected chi connectivity index (χ0v) is 8.35. The molecule has 1 fully saturated rings. The van der Waals surface area contributed by atoms with E-state index in [9.17, 15) is 4.79 Å². The van der Waals surface area contributed by atoms with E-state index in [2.05, 4.69) is 10.2 Å². The maximum Gasteiger partial charge on any atom is 0.231 e. The Morgan fingerprint density at radius 3 is 3.33 bits per heavy atom. The van der Waals surface area contributed by atoms with Gasteiger partial charge in [-0.25, -0.2) is 0 Å². The Kier molecular flexibility index (Phi) is 2.98. The maximum atomic E-state index is 10.8. The van der Waals surface area contributed by atoms with Crippen molar-refractivity contribution >= 4 is 5.91 Å². The lowest BCUT2D eigenvalue weighted by atomic mass is 10.2. The zero-order valence-electron chi connectivity index (χ0n) is 8.35. The summed E-state index contributed by atoms with van der Waals surface area (Å²) in [6.45, 7) is 2.31. The van der Waals surface area contributed by atoms with Crippen molar-refractivity contribution in [2.24, 2.45) is 5.73 Å². The molecule has 0 saturated carbocycles. The molecule has 15 heavy (non-hydrogen) atoms. The summed E-state index contributed by atoms with van der Waals surface area (Å²) in [6, 6.07) is 1.87. The van der Waals surface area contributed by atoms with Gasteiger partial charge in [0.15, 0.2) is 0 Å². The molecule has 0 aliphatic carbocycles. The van der Waals surface area contributed by atoms with E-state index in [0.29, 0.717) is 13.2 Å². The molecular formula is C9H14N4O2. The van der Waals surface area contributed by atoms with Gasteiger partial charge in [-0.1, -0.05) is 0 Å². The number of primary amides is 1. The number of carbonyl (C=O) groups excluding carboxylic acids is 1. The monoisotopic (exact) mass is 210 g/mol. The number of carbonyl (C=O) groups is 1. The Labute approximate surface area is 87.4 Å². The molecule has 0 unspecified atom stereocenters. The number of hydrogen-bond acceptors (Lipinski definition) is 4. The minimum Gasteiger partial charge on any atom is -0.369 e. The van der Waals surface area contributed by atoms with Crippen molar-refractivity contribution < 1.29 is 9.53 Å². The summed E-state index contributed by atoms with van der Waals surface area (Å²) < 4.78 is 5.57. The van der Waals surface area contributed by atoms with Gasteiger partial charge in [-0.05, 0) is 6.07 Å². The third-order valence-electron chi connectivity index (χ3n) is 2.40. The summed E-state index contributed by atoms with van der Waals surface area (Å²) in [5.74, 6) is -0.305. The Bertz CT molecular complexity index is 325.